The molecule has 0 radical (unpaired) electrons. The Morgan fingerprint density at radius 2 is 2.00 bits per heavy atom. The number of rotatable bonds is 6. The first kappa shape index (κ1) is 17.4. The normalized spacial score (nSPS) is 14.2. The zero-order chi connectivity index (χ0) is 17.5. The monoisotopic (exact) mass is 362 g/mol. The number of morpholine rings is 1. The van der Waals surface area contributed by atoms with Crippen LogP contribution < -0.4 is 15.0 Å². The number of nitrogens with one attached hydrogen (secondary N) is 1. The van der Waals surface area contributed by atoms with E-state index in [4.69, 9.17) is 21.1 Å². The van der Waals surface area contributed by atoms with Crippen LogP contribution in [-0.2, 0) is 16.1 Å². The van der Waals surface area contributed by atoms with Gasteiger partial charge in [-0.1, -0.05) is 11.6 Å². The quantitative estimate of drug-likeness (QED) is 0.842. The van der Waals surface area contributed by atoms with Gasteiger partial charge >= 0.3 is 0 Å². The number of halogens is 1. The highest BCUT2D eigenvalue weighted by Crippen LogP contribution is 2.15. The molecule has 2 aromatic rings. The van der Waals surface area contributed by atoms with Crippen molar-refractivity contribution in [2.75, 3.05) is 37.8 Å². The molecule has 132 valence electrons. The Bertz CT molecular complexity index is 705. The molecule has 2 heterocycles. The summed E-state index contributed by atoms with van der Waals surface area (Å²) < 4.78 is 10.7. The lowest BCUT2D eigenvalue weighted by molar-refractivity contribution is -0.123. The van der Waals surface area contributed by atoms with Crippen LogP contribution in [0.2, 0.25) is 5.02 Å². The highest BCUT2D eigenvalue weighted by molar-refractivity contribution is 6.30. The third-order valence-corrected chi connectivity index (χ3v) is 3.91. The molecule has 0 bridgehead atoms. The van der Waals surface area contributed by atoms with Crippen LogP contribution in [0.4, 0.5) is 5.82 Å². The average Bonchev–Trinajstić information content (AvgIpc) is 2.67. The molecule has 1 fully saturated rings. The molecule has 3 rings (SSSR count). The molecule has 1 aliphatic rings. The molecule has 0 unspecified atom stereocenters. The van der Waals surface area contributed by atoms with E-state index in [-0.39, 0.29) is 19.1 Å². The SMILES string of the molecule is O=C(COc1ccc(Cl)cc1)NCc1nccc(N2CCOCC2)n1. The minimum Gasteiger partial charge on any atom is -0.484 e. The standard InChI is InChI=1S/C17H19ClN4O3/c18-13-1-3-14(4-2-13)25-12-17(23)20-11-15-19-6-5-16(21-15)22-7-9-24-10-8-22/h1-6H,7-12H2,(H,20,23). The number of hydrogen-bond acceptors (Lipinski definition) is 6. The van der Waals surface area contributed by atoms with Gasteiger partial charge in [0.05, 0.1) is 19.8 Å². The fourth-order valence-corrected chi connectivity index (χ4v) is 2.48. The van der Waals surface area contributed by atoms with Crippen molar-refractivity contribution in [2.45, 2.75) is 6.54 Å². The van der Waals surface area contributed by atoms with Gasteiger partial charge in [-0.15, -0.1) is 0 Å². The zero-order valence-electron chi connectivity index (χ0n) is 13.7. The summed E-state index contributed by atoms with van der Waals surface area (Å²) in [4.78, 5) is 22.7. The van der Waals surface area contributed by atoms with Crippen molar-refractivity contribution < 1.29 is 14.3 Å². The van der Waals surface area contributed by atoms with Gasteiger partial charge in [0.1, 0.15) is 17.4 Å². The first-order valence-corrected chi connectivity index (χ1v) is 8.38. The van der Waals surface area contributed by atoms with Crippen molar-refractivity contribution in [3.8, 4) is 5.75 Å². The molecule has 0 saturated carbocycles. The van der Waals surface area contributed by atoms with Gasteiger partial charge in [0.2, 0.25) is 0 Å². The van der Waals surface area contributed by atoms with Crippen molar-refractivity contribution in [1.82, 2.24) is 15.3 Å². The van der Waals surface area contributed by atoms with E-state index in [1.807, 2.05) is 6.07 Å². The third kappa shape index (κ3) is 5.30. The number of ether oxygens (including phenoxy) is 2. The summed E-state index contributed by atoms with van der Waals surface area (Å²) >= 11 is 5.80. The van der Waals surface area contributed by atoms with E-state index in [1.165, 1.54) is 0 Å². The average molecular weight is 363 g/mol. The first-order valence-electron chi connectivity index (χ1n) is 8.00. The molecule has 25 heavy (non-hydrogen) atoms. The Balaban J connectivity index is 1.47. The van der Waals surface area contributed by atoms with Gasteiger partial charge in [-0.3, -0.25) is 4.79 Å². The Morgan fingerprint density at radius 3 is 2.76 bits per heavy atom. The minimum absolute atomic E-state index is 0.0786. The molecule has 1 saturated heterocycles. The Hall–Kier alpha value is -2.38. The van der Waals surface area contributed by atoms with Crippen molar-refractivity contribution in [1.29, 1.82) is 0 Å². The second kappa shape index (κ2) is 8.64. The molecule has 1 aromatic heterocycles. The summed E-state index contributed by atoms with van der Waals surface area (Å²) in [7, 11) is 0. The maximum Gasteiger partial charge on any atom is 0.258 e. The number of anilines is 1. The van der Waals surface area contributed by atoms with Crippen LogP contribution in [0.3, 0.4) is 0 Å². The lowest BCUT2D eigenvalue weighted by Crippen LogP contribution is -2.37. The van der Waals surface area contributed by atoms with E-state index in [9.17, 15) is 4.79 Å². The van der Waals surface area contributed by atoms with Crippen molar-refractivity contribution >= 4 is 23.3 Å². The summed E-state index contributed by atoms with van der Waals surface area (Å²) in [6.45, 7) is 3.16. The highest BCUT2D eigenvalue weighted by atomic mass is 35.5. The van der Waals surface area contributed by atoms with Gasteiger partial charge in [0.15, 0.2) is 6.61 Å². The van der Waals surface area contributed by atoms with E-state index in [0.717, 1.165) is 18.9 Å². The van der Waals surface area contributed by atoms with E-state index >= 15 is 0 Å². The van der Waals surface area contributed by atoms with Crippen molar-refractivity contribution in [2.24, 2.45) is 0 Å². The van der Waals surface area contributed by atoms with E-state index in [2.05, 4.69) is 20.2 Å². The fraction of sp³-hybridized carbons (Fsp3) is 0.353. The molecule has 0 aliphatic carbocycles. The number of hydrogen-bond donors (Lipinski definition) is 1. The maximum atomic E-state index is 11.9. The fourth-order valence-electron chi connectivity index (χ4n) is 2.35. The van der Waals surface area contributed by atoms with Gasteiger partial charge in [0, 0.05) is 24.3 Å². The molecular weight excluding hydrogens is 344 g/mol. The van der Waals surface area contributed by atoms with Crippen LogP contribution in [0, 0.1) is 0 Å². The summed E-state index contributed by atoms with van der Waals surface area (Å²) in [5, 5.41) is 3.37. The second-order valence-electron chi connectivity index (χ2n) is 5.45. The number of nitrogens with zero attached hydrogens (tertiary/aromatic N) is 3. The summed E-state index contributed by atoms with van der Waals surface area (Å²) in [5.41, 5.74) is 0. The van der Waals surface area contributed by atoms with Crippen LogP contribution in [0.15, 0.2) is 36.5 Å². The topological polar surface area (TPSA) is 76.6 Å². The molecular formula is C17H19ClN4O3. The van der Waals surface area contributed by atoms with Crippen LogP contribution >= 0.6 is 11.6 Å². The number of carbonyl (C=O) groups excluding carboxylic acids is 1. The van der Waals surface area contributed by atoms with Crippen LogP contribution in [-0.4, -0.2) is 48.8 Å². The predicted molar refractivity (Wildman–Crippen MR) is 93.9 cm³/mol. The minimum atomic E-state index is -0.240. The number of aromatic nitrogens is 2. The molecule has 8 heteroatoms. The Morgan fingerprint density at radius 1 is 1.24 bits per heavy atom. The summed E-state index contributed by atoms with van der Waals surface area (Å²) in [6.07, 6.45) is 1.70. The summed E-state index contributed by atoms with van der Waals surface area (Å²) in [6, 6.07) is 8.70. The summed E-state index contributed by atoms with van der Waals surface area (Å²) in [5.74, 6) is 1.75. The lowest BCUT2D eigenvalue weighted by Gasteiger charge is -2.27. The Kier molecular flexibility index (Phi) is 6.03. The van der Waals surface area contributed by atoms with Gasteiger partial charge < -0.3 is 19.7 Å². The molecule has 1 amide bonds. The van der Waals surface area contributed by atoms with Crippen LogP contribution in [0.5, 0.6) is 5.75 Å². The van der Waals surface area contributed by atoms with E-state index in [0.29, 0.717) is 29.8 Å². The van der Waals surface area contributed by atoms with Crippen LogP contribution in [0.25, 0.3) is 0 Å². The molecule has 0 spiro atoms. The first-order chi connectivity index (χ1) is 12.2. The van der Waals surface area contributed by atoms with Crippen molar-refractivity contribution in [3.05, 3.63) is 47.4 Å². The second-order valence-corrected chi connectivity index (χ2v) is 5.89. The predicted octanol–water partition coefficient (Wildman–Crippen LogP) is 1.66. The third-order valence-electron chi connectivity index (χ3n) is 3.65. The molecule has 7 nitrogen and oxygen atoms in total. The van der Waals surface area contributed by atoms with E-state index in [1.54, 1.807) is 30.5 Å². The number of benzene rings is 1. The Labute approximate surface area is 150 Å². The maximum absolute atomic E-state index is 11.9. The zero-order valence-corrected chi connectivity index (χ0v) is 14.4. The number of carbonyl (C=O) groups is 1. The van der Waals surface area contributed by atoms with Gasteiger partial charge in [-0.05, 0) is 30.3 Å². The van der Waals surface area contributed by atoms with Gasteiger partial charge in [-0.2, -0.15) is 0 Å². The molecule has 0 atom stereocenters. The van der Waals surface area contributed by atoms with Crippen LogP contribution in [0.1, 0.15) is 5.82 Å². The lowest BCUT2D eigenvalue weighted by atomic mass is 10.3. The van der Waals surface area contributed by atoms with Gasteiger partial charge in [0.25, 0.3) is 5.91 Å². The largest absolute Gasteiger partial charge is 0.484 e. The van der Waals surface area contributed by atoms with E-state index < -0.39 is 0 Å². The molecule has 1 N–H and O–H groups in total. The molecule has 1 aromatic carbocycles. The van der Waals surface area contributed by atoms with Gasteiger partial charge in [-0.25, -0.2) is 9.97 Å². The molecule has 1 aliphatic heterocycles. The van der Waals surface area contributed by atoms with Crippen molar-refractivity contribution in [3.63, 3.8) is 0 Å². The number of amides is 1. The highest BCUT2D eigenvalue weighted by Gasteiger charge is 2.13. The smallest absolute Gasteiger partial charge is 0.258 e.